The van der Waals surface area contributed by atoms with E-state index in [1.54, 1.807) is 6.07 Å². The molecule has 1 aliphatic carbocycles. The summed E-state index contributed by atoms with van der Waals surface area (Å²) in [5, 5.41) is 13.5. The van der Waals surface area contributed by atoms with E-state index in [4.69, 9.17) is 16.3 Å². The molecule has 1 saturated carbocycles. The van der Waals surface area contributed by atoms with E-state index in [1.165, 1.54) is 5.56 Å². The van der Waals surface area contributed by atoms with Gasteiger partial charge in [0.25, 0.3) is 0 Å². The summed E-state index contributed by atoms with van der Waals surface area (Å²) in [7, 11) is 0. The van der Waals surface area contributed by atoms with Crippen LogP contribution in [-0.2, 0) is 17.6 Å². The van der Waals surface area contributed by atoms with Crippen molar-refractivity contribution in [3.8, 4) is 5.75 Å². The van der Waals surface area contributed by atoms with Crippen molar-refractivity contribution in [3.05, 3.63) is 64.2 Å². The third-order valence-corrected chi connectivity index (χ3v) is 5.69. The quantitative estimate of drug-likeness (QED) is 0.846. The number of ether oxygens (including phenoxy) is 1. The summed E-state index contributed by atoms with van der Waals surface area (Å²) in [6.07, 6.45) is 2.31. The highest BCUT2D eigenvalue weighted by Crippen LogP contribution is 2.39. The number of benzene rings is 2. The van der Waals surface area contributed by atoms with Gasteiger partial charge in [-0.05, 0) is 53.6 Å². The largest absolute Gasteiger partial charge is 0.493 e. The molecule has 26 heavy (non-hydrogen) atoms. The number of hydrogen-bond donors (Lipinski definition) is 2. The van der Waals surface area contributed by atoms with Crippen molar-refractivity contribution < 1.29 is 14.6 Å². The second-order valence-corrected chi connectivity index (χ2v) is 7.57. The van der Waals surface area contributed by atoms with Crippen molar-refractivity contribution in [2.45, 2.75) is 37.8 Å². The number of nitrogens with one attached hydrogen (secondary N) is 1. The first-order chi connectivity index (χ1) is 12.6. The summed E-state index contributed by atoms with van der Waals surface area (Å²) in [5.74, 6) is 1.13. The van der Waals surface area contributed by atoms with Crippen LogP contribution >= 0.6 is 11.6 Å². The molecule has 2 aromatic carbocycles. The molecule has 0 saturated heterocycles. The van der Waals surface area contributed by atoms with Gasteiger partial charge in [-0.2, -0.15) is 0 Å². The molecule has 4 nitrogen and oxygen atoms in total. The molecule has 0 unspecified atom stereocenters. The van der Waals surface area contributed by atoms with E-state index in [-0.39, 0.29) is 30.4 Å². The second kappa shape index (κ2) is 7.29. The fraction of sp³-hybridized carbons (Fsp3) is 0.381. The van der Waals surface area contributed by atoms with Crippen molar-refractivity contribution in [3.63, 3.8) is 0 Å². The summed E-state index contributed by atoms with van der Waals surface area (Å²) >= 11 is 6.18. The number of aliphatic hydroxyl groups excluding tert-OH is 1. The lowest BCUT2D eigenvalue weighted by Gasteiger charge is -2.38. The van der Waals surface area contributed by atoms with E-state index in [0.29, 0.717) is 24.5 Å². The van der Waals surface area contributed by atoms with Crippen LogP contribution in [0.2, 0.25) is 5.02 Å². The van der Waals surface area contributed by atoms with E-state index in [9.17, 15) is 9.90 Å². The van der Waals surface area contributed by atoms with Gasteiger partial charge in [-0.3, -0.25) is 4.79 Å². The molecule has 0 aromatic heterocycles. The van der Waals surface area contributed by atoms with Crippen LogP contribution in [0.3, 0.4) is 0 Å². The fourth-order valence-corrected chi connectivity index (χ4v) is 4.02. The number of amides is 1. The Morgan fingerprint density at radius 3 is 2.85 bits per heavy atom. The predicted molar refractivity (Wildman–Crippen MR) is 100 cm³/mol. The van der Waals surface area contributed by atoms with Crippen molar-refractivity contribution >= 4 is 17.5 Å². The van der Waals surface area contributed by atoms with Gasteiger partial charge in [0.05, 0.1) is 25.2 Å². The van der Waals surface area contributed by atoms with Crippen LogP contribution < -0.4 is 10.1 Å². The summed E-state index contributed by atoms with van der Waals surface area (Å²) in [6, 6.07) is 13.5. The number of halogens is 1. The molecule has 1 heterocycles. The maximum absolute atomic E-state index is 12.7. The highest BCUT2D eigenvalue weighted by Gasteiger charge is 2.36. The lowest BCUT2D eigenvalue weighted by molar-refractivity contribution is -0.122. The molecule has 0 bridgehead atoms. The topological polar surface area (TPSA) is 58.6 Å². The standard InChI is InChI=1S/C21H22ClNO3/c22-18-4-2-1-3-13(18)12-20(25)23-21(16-10-17(24)11-16)15-5-6-19-14(9-15)7-8-26-19/h1-6,9,16-17,21,24H,7-8,10-12H2,(H,23,25)/t16?,17?,21-/m0/s1. The van der Waals surface area contributed by atoms with Crippen LogP contribution in [0.25, 0.3) is 0 Å². The molecule has 0 radical (unpaired) electrons. The Bertz CT molecular complexity index is 817. The van der Waals surface area contributed by atoms with Gasteiger partial charge in [-0.15, -0.1) is 0 Å². The Balaban J connectivity index is 1.52. The van der Waals surface area contributed by atoms with Crippen molar-refractivity contribution in [1.29, 1.82) is 0 Å². The SMILES string of the molecule is O=C(Cc1ccccc1Cl)N[C@@H](c1ccc2c(c1)CCO2)C1CC(O)C1. The van der Waals surface area contributed by atoms with Gasteiger partial charge in [0.1, 0.15) is 5.75 Å². The number of carbonyl (C=O) groups excluding carboxylic acids is 1. The van der Waals surface area contributed by atoms with Gasteiger partial charge in [0.15, 0.2) is 0 Å². The minimum atomic E-state index is -0.263. The van der Waals surface area contributed by atoms with E-state index in [1.807, 2.05) is 30.3 Å². The van der Waals surface area contributed by atoms with Gasteiger partial charge < -0.3 is 15.2 Å². The van der Waals surface area contributed by atoms with Crippen molar-refractivity contribution in [1.82, 2.24) is 5.32 Å². The molecule has 4 rings (SSSR count). The summed E-state index contributed by atoms with van der Waals surface area (Å²) < 4.78 is 5.58. The zero-order valence-electron chi connectivity index (χ0n) is 14.5. The van der Waals surface area contributed by atoms with Crippen LogP contribution in [0.1, 0.15) is 35.6 Å². The second-order valence-electron chi connectivity index (χ2n) is 7.16. The lowest BCUT2D eigenvalue weighted by atomic mass is 9.74. The molecule has 0 spiro atoms. The first kappa shape index (κ1) is 17.4. The number of hydrogen-bond acceptors (Lipinski definition) is 3. The first-order valence-electron chi connectivity index (χ1n) is 9.06. The number of carbonyl (C=O) groups is 1. The third-order valence-electron chi connectivity index (χ3n) is 5.32. The van der Waals surface area contributed by atoms with Crippen LogP contribution in [0, 0.1) is 5.92 Å². The molecule has 2 aromatic rings. The number of rotatable bonds is 5. The Morgan fingerprint density at radius 2 is 2.08 bits per heavy atom. The first-order valence-corrected chi connectivity index (χ1v) is 9.44. The van der Waals surface area contributed by atoms with Gasteiger partial charge in [0, 0.05) is 11.4 Å². The van der Waals surface area contributed by atoms with Crippen LogP contribution in [0.15, 0.2) is 42.5 Å². The van der Waals surface area contributed by atoms with Crippen LogP contribution in [0.5, 0.6) is 5.75 Å². The molecule has 1 atom stereocenters. The smallest absolute Gasteiger partial charge is 0.224 e. The zero-order chi connectivity index (χ0) is 18.1. The molecule has 2 N–H and O–H groups in total. The fourth-order valence-electron chi connectivity index (χ4n) is 3.81. The van der Waals surface area contributed by atoms with Gasteiger partial charge >= 0.3 is 0 Å². The summed E-state index contributed by atoms with van der Waals surface area (Å²) in [4.78, 5) is 12.7. The Labute approximate surface area is 158 Å². The Kier molecular flexibility index (Phi) is 4.88. The molecule has 5 heteroatoms. The van der Waals surface area contributed by atoms with Gasteiger partial charge in [0.2, 0.25) is 5.91 Å². The highest BCUT2D eigenvalue weighted by molar-refractivity contribution is 6.31. The molecular weight excluding hydrogens is 350 g/mol. The molecule has 1 amide bonds. The van der Waals surface area contributed by atoms with Crippen LogP contribution in [-0.4, -0.2) is 23.7 Å². The monoisotopic (exact) mass is 371 g/mol. The average molecular weight is 372 g/mol. The Morgan fingerprint density at radius 1 is 1.27 bits per heavy atom. The maximum atomic E-state index is 12.7. The number of aliphatic hydroxyl groups is 1. The zero-order valence-corrected chi connectivity index (χ0v) is 15.2. The molecule has 136 valence electrons. The average Bonchev–Trinajstić information content (AvgIpc) is 3.07. The van der Waals surface area contributed by atoms with Crippen molar-refractivity contribution in [2.75, 3.05) is 6.61 Å². The third kappa shape index (κ3) is 3.57. The normalized spacial score (nSPS) is 22.1. The van der Waals surface area contributed by atoms with Crippen molar-refractivity contribution in [2.24, 2.45) is 5.92 Å². The molecule has 1 aliphatic heterocycles. The number of fused-ring (bicyclic) bond motifs is 1. The summed E-state index contributed by atoms with van der Waals surface area (Å²) in [6.45, 7) is 0.713. The maximum Gasteiger partial charge on any atom is 0.224 e. The highest BCUT2D eigenvalue weighted by atomic mass is 35.5. The summed E-state index contributed by atoms with van der Waals surface area (Å²) in [5.41, 5.74) is 3.09. The van der Waals surface area contributed by atoms with E-state index in [0.717, 1.165) is 23.3 Å². The van der Waals surface area contributed by atoms with Crippen LogP contribution in [0.4, 0.5) is 0 Å². The van der Waals surface area contributed by atoms with E-state index >= 15 is 0 Å². The predicted octanol–water partition coefficient (Wildman–Crippen LogP) is 3.45. The molecule has 2 aliphatic rings. The molecule has 1 fully saturated rings. The molecular formula is C21H22ClNO3. The van der Waals surface area contributed by atoms with Gasteiger partial charge in [-0.1, -0.05) is 35.9 Å². The van der Waals surface area contributed by atoms with E-state index < -0.39 is 0 Å². The minimum absolute atomic E-state index is 0.0544. The lowest BCUT2D eigenvalue weighted by Crippen LogP contribution is -2.41. The van der Waals surface area contributed by atoms with E-state index in [2.05, 4.69) is 11.4 Å². The van der Waals surface area contributed by atoms with Gasteiger partial charge in [-0.25, -0.2) is 0 Å². The Hall–Kier alpha value is -2.04. The minimum Gasteiger partial charge on any atom is -0.493 e.